The predicted molar refractivity (Wildman–Crippen MR) is 82.1 cm³/mol. The molecule has 0 saturated heterocycles. The van der Waals surface area contributed by atoms with Crippen LogP contribution in [-0.2, 0) is 15.9 Å². The predicted octanol–water partition coefficient (Wildman–Crippen LogP) is 1.91. The van der Waals surface area contributed by atoms with E-state index in [0.29, 0.717) is 49.1 Å². The number of aromatic amines is 1. The van der Waals surface area contributed by atoms with E-state index in [4.69, 9.17) is 25.8 Å². The van der Waals surface area contributed by atoms with Crippen molar-refractivity contribution in [3.05, 3.63) is 11.0 Å². The summed E-state index contributed by atoms with van der Waals surface area (Å²) in [5.41, 5.74) is 2.08. The van der Waals surface area contributed by atoms with E-state index in [1.165, 1.54) is 7.11 Å². The number of hydrogen-bond acceptors (Lipinski definition) is 7. The van der Waals surface area contributed by atoms with Crippen LogP contribution >= 0.6 is 23.4 Å². The number of halogens is 1. The Morgan fingerprint density at radius 2 is 1.95 bits per heavy atom. The molecule has 0 unspecified atom stereocenters. The molecule has 0 bridgehead atoms. The Balaban J connectivity index is 1.89. The molecule has 1 N–H and O–H groups in total. The van der Waals surface area contributed by atoms with Crippen LogP contribution in [0.4, 0.5) is 0 Å². The lowest BCUT2D eigenvalue weighted by molar-refractivity contribution is 0.0669. The summed E-state index contributed by atoms with van der Waals surface area (Å²) in [6.07, 6.45) is 2.64. The van der Waals surface area contributed by atoms with E-state index < -0.39 is 0 Å². The molecule has 2 aromatic rings. The summed E-state index contributed by atoms with van der Waals surface area (Å²) >= 11 is 7.51. The Morgan fingerprint density at radius 3 is 2.71 bits per heavy atom. The van der Waals surface area contributed by atoms with Gasteiger partial charge in [-0.2, -0.15) is 10.1 Å². The summed E-state index contributed by atoms with van der Waals surface area (Å²) < 4.78 is 15.9. The third-order valence-electron chi connectivity index (χ3n) is 2.68. The van der Waals surface area contributed by atoms with Gasteiger partial charge in [-0.15, -0.1) is 11.8 Å². The number of rotatable bonds is 9. The highest BCUT2D eigenvalue weighted by molar-refractivity contribution is 7.98. The maximum atomic E-state index is 5.87. The Kier molecular flexibility index (Phi) is 6.50. The van der Waals surface area contributed by atoms with Gasteiger partial charge in [0.1, 0.15) is 5.52 Å². The molecule has 2 rings (SSSR count). The molecular formula is C12H17ClN4O3S. The van der Waals surface area contributed by atoms with Gasteiger partial charge in [-0.1, -0.05) is 0 Å². The number of nitrogens with one attached hydrogen (secondary N) is 1. The normalized spacial score (nSPS) is 11.2. The minimum atomic E-state index is 0.133. The first-order valence-electron chi connectivity index (χ1n) is 6.35. The average molecular weight is 333 g/mol. The molecule has 0 spiro atoms. The molecule has 0 radical (unpaired) electrons. The number of aromatic nitrogens is 4. The standard InChI is InChI=1S/C12H17ClN4O3S/c1-18-11-10-9(14-12(13)15-11)8(16-17-10)3-4-19-5-6-20-7-21-2/h3-7H2,1-2H3,(H,16,17). The summed E-state index contributed by atoms with van der Waals surface area (Å²) in [5, 5.41) is 7.21. The van der Waals surface area contributed by atoms with Gasteiger partial charge >= 0.3 is 0 Å². The SMILES string of the molecule is COc1nc(Cl)nc2c(CCOCCOCSC)[nH]nc12. The number of nitrogens with zero attached hydrogens (tertiary/aromatic N) is 3. The van der Waals surface area contributed by atoms with Crippen molar-refractivity contribution >= 4 is 34.4 Å². The molecule has 2 heterocycles. The topological polar surface area (TPSA) is 82.2 Å². The van der Waals surface area contributed by atoms with Crippen molar-refractivity contribution in [2.45, 2.75) is 6.42 Å². The molecule has 0 atom stereocenters. The fraction of sp³-hybridized carbons (Fsp3) is 0.583. The zero-order valence-electron chi connectivity index (χ0n) is 11.9. The van der Waals surface area contributed by atoms with Crippen LogP contribution in [-0.4, -0.2) is 59.3 Å². The summed E-state index contributed by atoms with van der Waals surface area (Å²) in [6, 6.07) is 0. The number of ether oxygens (including phenoxy) is 3. The number of thioether (sulfide) groups is 1. The summed E-state index contributed by atoms with van der Waals surface area (Å²) in [7, 11) is 1.52. The van der Waals surface area contributed by atoms with Crippen LogP contribution in [0.15, 0.2) is 0 Å². The largest absolute Gasteiger partial charge is 0.479 e. The molecule has 0 saturated carbocycles. The van der Waals surface area contributed by atoms with Gasteiger partial charge in [-0.05, 0) is 17.9 Å². The molecule has 7 nitrogen and oxygen atoms in total. The lowest BCUT2D eigenvalue weighted by Crippen LogP contribution is -2.07. The van der Waals surface area contributed by atoms with Crippen molar-refractivity contribution < 1.29 is 14.2 Å². The number of methoxy groups -OCH3 is 1. The first-order valence-corrected chi connectivity index (χ1v) is 8.12. The van der Waals surface area contributed by atoms with Crippen LogP contribution in [0.2, 0.25) is 5.28 Å². The number of H-pyrrole nitrogens is 1. The molecule has 0 aliphatic rings. The Labute approximate surface area is 131 Å². The summed E-state index contributed by atoms with van der Waals surface area (Å²) in [5.74, 6) is 1.04. The fourth-order valence-electron chi connectivity index (χ4n) is 1.75. The lowest BCUT2D eigenvalue weighted by atomic mass is 10.3. The van der Waals surface area contributed by atoms with Gasteiger partial charge in [-0.3, -0.25) is 5.10 Å². The van der Waals surface area contributed by atoms with Crippen LogP contribution in [0.1, 0.15) is 5.69 Å². The van der Waals surface area contributed by atoms with Crippen molar-refractivity contribution in [2.75, 3.05) is 39.1 Å². The minimum Gasteiger partial charge on any atom is -0.479 e. The molecule has 0 amide bonds. The van der Waals surface area contributed by atoms with Crippen LogP contribution in [0, 0.1) is 0 Å². The van der Waals surface area contributed by atoms with Gasteiger partial charge in [0.2, 0.25) is 11.2 Å². The third kappa shape index (κ3) is 4.44. The first-order chi connectivity index (χ1) is 10.3. The minimum absolute atomic E-state index is 0.133. The second kappa shape index (κ2) is 8.38. The zero-order valence-corrected chi connectivity index (χ0v) is 13.5. The summed E-state index contributed by atoms with van der Waals surface area (Å²) in [6.45, 7) is 1.70. The van der Waals surface area contributed by atoms with E-state index in [-0.39, 0.29) is 5.28 Å². The number of fused-ring (bicyclic) bond motifs is 1. The molecular weight excluding hydrogens is 316 g/mol. The molecule has 116 valence electrons. The third-order valence-corrected chi connectivity index (χ3v) is 3.25. The fourth-order valence-corrected chi connectivity index (χ4v) is 2.19. The summed E-state index contributed by atoms with van der Waals surface area (Å²) in [4.78, 5) is 8.15. The van der Waals surface area contributed by atoms with Crippen molar-refractivity contribution in [3.63, 3.8) is 0 Å². The van der Waals surface area contributed by atoms with Gasteiger partial charge in [0.25, 0.3) is 0 Å². The molecule has 0 aromatic carbocycles. The van der Waals surface area contributed by atoms with Gasteiger partial charge in [0.15, 0.2) is 5.52 Å². The van der Waals surface area contributed by atoms with E-state index in [1.807, 2.05) is 6.26 Å². The van der Waals surface area contributed by atoms with Crippen molar-refractivity contribution in [1.82, 2.24) is 20.2 Å². The van der Waals surface area contributed by atoms with Crippen LogP contribution in [0.25, 0.3) is 11.0 Å². The highest BCUT2D eigenvalue weighted by Gasteiger charge is 2.14. The zero-order chi connectivity index (χ0) is 15.1. The van der Waals surface area contributed by atoms with Crippen LogP contribution < -0.4 is 4.74 Å². The molecule has 0 aliphatic carbocycles. The van der Waals surface area contributed by atoms with Crippen molar-refractivity contribution in [1.29, 1.82) is 0 Å². The Morgan fingerprint density at radius 1 is 1.14 bits per heavy atom. The van der Waals surface area contributed by atoms with Crippen LogP contribution in [0.5, 0.6) is 5.88 Å². The average Bonchev–Trinajstić information content (AvgIpc) is 2.88. The maximum Gasteiger partial charge on any atom is 0.246 e. The van der Waals surface area contributed by atoms with Crippen molar-refractivity contribution in [3.8, 4) is 5.88 Å². The first kappa shape index (κ1) is 16.3. The van der Waals surface area contributed by atoms with E-state index in [9.17, 15) is 0 Å². The monoisotopic (exact) mass is 332 g/mol. The molecule has 21 heavy (non-hydrogen) atoms. The van der Waals surface area contributed by atoms with E-state index in [0.717, 1.165) is 5.69 Å². The maximum absolute atomic E-state index is 5.87. The quantitative estimate of drug-likeness (QED) is 0.426. The molecule has 2 aromatic heterocycles. The smallest absolute Gasteiger partial charge is 0.246 e. The Hall–Kier alpha value is -1.09. The molecule has 0 fully saturated rings. The van der Waals surface area contributed by atoms with Crippen molar-refractivity contribution in [2.24, 2.45) is 0 Å². The Bertz CT molecular complexity index is 581. The van der Waals surface area contributed by atoms with Gasteiger partial charge < -0.3 is 14.2 Å². The van der Waals surface area contributed by atoms with Gasteiger partial charge in [-0.25, -0.2) is 4.98 Å². The van der Waals surface area contributed by atoms with Gasteiger partial charge in [0, 0.05) is 6.42 Å². The van der Waals surface area contributed by atoms with E-state index >= 15 is 0 Å². The second-order valence-corrected chi connectivity index (χ2v) is 5.23. The van der Waals surface area contributed by atoms with Gasteiger partial charge in [0.05, 0.1) is 38.6 Å². The molecule has 9 heteroatoms. The second-order valence-electron chi connectivity index (χ2n) is 4.08. The van der Waals surface area contributed by atoms with E-state index in [2.05, 4.69) is 20.2 Å². The lowest BCUT2D eigenvalue weighted by Gasteiger charge is -2.04. The molecule has 0 aliphatic heterocycles. The van der Waals surface area contributed by atoms with Crippen LogP contribution in [0.3, 0.4) is 0 Å². The van der Waals surface area contributed by atoms with E-state index in [1.54, 1.807) is 11.8 Å². The highest BCUT2D eigenvalue weighted by atomic mass is 35.5. The number of hydrogen-bond donors (Lipinski definition) is 1. The highest BCUT2D eigenvalue weighted by Crippen LogP contribution is 2.24.